The molecule has 1 aromatic carbocycles. The van der Waals surface area contributed by atoms with Crippen molar-refractivity contribution in [1.29, 1.82) is 0 Å². The lowest BCUT2D eigenvalue weighted by Gasteiger charge is -2.31. The van der Waals surface area contributed by atoms with Crippen molar-refractivity contribution in [2.75, 3.05) is 7.11 Å². The minimum atomic E-state index is -1.89. The molecule has 10 nitrogen and oxygen atoms in total. The molecule has 1 amide bonds. The Balaban J connectivity index is 1.59. The van der Waals surface area contributed by atoms with Crippen molar-refractivity contribution in [3.8, 4) is 11.4 Å². The van der Waals surface area contributed by atoms with Gasteiger partial charge in [0.25, 0.3) is 5.56 Å². The number of pyridine rings is 2. The minimum Gasteiger partial charge on any atom is -0.467 e. The van der Waals surface area contributed by atoms with Gasteiger partial charge in [0.05, 0.1) is 36.1 Å². The number of amides is 1. The number of nitrogens with zero attached hydrogens (tertiary/aromatic N) is 2. The smallest absolute Gasteiger partial charge is 0.343 e. The van der Waals surface area contributed by atoms with Gasteiger partial charge in [0.1, 0.15) is 12.6 Å². The quantitative estimate of drug-likeness (QED) is 0.399. The highest BCUT2D eigenvalue weighted by molar-refractivity contribution is 5.87. The molecule has 4 heterocycles. The van der Waals surface area contributed by atoms with Crippen LogP contribution in [-0.4, -0.2) is 45.7 Å². The van der Waals surface area contributed by atoms with E-state index in [1.807, 2.05) is 24.3 Å². The lowest BCUT2D eigenvalue weighted by atomic mass is 9.86. The standard InChI is InChI=1S/C26H25N3O7/c1-4-26(34)18-10-21-22-16(11-29(21)23(31)17(18)12-36-25(26)33)9-15-6-5-14(7-19(15)28-22)8-20(24(32)35-3)27-13(2)30/h5-7,9-10,20,34H,4,8,11-12H2,1-3H3,(H,27,30)/t20?,26-/m0/s1. The predicted octanol–water partition coefficient (Wildman–Crippen LogP) is 1.30. The first-order valence-corrected chi connectivity index (χ1v) is 11.6. The van der Waals surface area contributed by atoms with E-state index in [1.165, 1.54) is 14.0 Å². The number of nitrogens with one attached hydrogen (secondary N) is 1. The van der Waals surface area contributed by atoms with Crippen LogP contribution in [0.4, 0.5) is 0 Å². The molecule has 0 spiro atoms. The Labute approximate surface area is 205 Å². The average Bonchev–Trinajstić information content (AvgIpc) is 3.21. The molecule has 0 aliphatic carbocycles. The van der Waals surface area contributed by atoms with Gasteiger partial charge in [-0.3, -0.25) is 9.59 Å². The Kier molecular flexibility index (Phi) is 5.63. The van der Waals surface area contributed by atoms with Crippen molar-refractivity contribution in [2.45, 2.75) is 51.5 Å². The number of aliphatic hydroxyl groups is 1. The summed E-state index contributed by atoms with van der Waals surface area (Å²) in [5.74, 6) is -1.66. The fourth-order valence-electron chi connectivity index (χ4n) is 4.97. The van der Waals surface area contributed by atoms with Crippen LogP contribution < -0.4 is 10.9 Å². The molecular weight excluding hydrogens is 466 g/mol. The summed E-state index contributed by atoms with van der Waals surface area (Å²) in [6, 6.07) is 8.33. The molecule has 186 valence electrons. The molecule has 10 heteroatoms. The molecule has 5 rings (SSSR count). The summed E-state index contributed by atoms with van der Waals surface area (Å²) >= 11 is 0. The summed E-state index contributed by atoms with van der Waals surface area (Å²) < 4.78 is 11.5. The Hall–Kier alpha value is -4.05. The largest absolute Gasteiger partial charge is 0.467 e. The van der Waals surface area contributed by atoms with E-state index in [9.17, 15) is 24.3 Å². The van der Waals surface area contributed by atoms with Crippen molar-refractivity contribution in [3.63, 3.8) is 0 Å². The molecule has 1 unspecified atom stereocenters. The fourth-order valence-corrected chi connectivity index (χ4v) is 4.97. The van der Waals surface area contributed by atoms with E-state index in [1.54, 1.807) is 17.6 Å². The zero-order valence-electron chi connectivity index (χ0n) is 20.1. The number of carbonyl (C=O) groups excluding carboxylic acids is 3. The zero-order valence-corrected chi connectivity index (χ0v) is 20.1. The van der Waals surface area contributed by atoms with Crippen LogP contribution in [0.15, 0.2) is 35.1 Å². The number of hydrogen-bond donors (Lipinski definition) is 2. The molecule has 3 aromatic rings. The van der Waals surface area contributed by atoms with Gasteiger partial charge in [-0.2, -0.15) is 0 Å². The van der Waals surface area contributed by atoms with Gasteiger partial charge in [-0.15, -0.1) is 0 Å². The van der Waals surface area contributed by atoms with Crippen LogP contribution in [0.25, 0.3) is 22.3 Å². The van der Waals surface area contributed by atoms with E-state index >= 15 is 0 Å². The van der Waals surface area contributed by atoms with Crippen molar-refractivity contribution < 1.29 is 29.0 Å². The van der Waals surface area contributed by atoms with Crippen LogP contribution in [0.3, 0.4) is 0 Å². The molecule has 2 N–H and O–H groups in total. The third kappa shape index (κ3) is 3.65. The molecule has 0 saturated carbocycles. The predicted molar refractivity (Wildman–Crippen MR) is 128 cm³/mol. The molecule has 0 radical (unpaired) electrons. The van der Waals surface area contributed by atoms with Gasteiger partial charge in [-0.05, 0) is 30.2 Å². The van der Waals surface area contributed by atoms with Gasteiger partial charge in [-0.1, -0.05) is 19.1 Å². The van der Waals surface area contributed by atoms with Gasteiger partial charge < -0.3 is 24.5 Å². The summed E-state index contributed by atoms with van der Waals surface area (Å²) in [6.45, 7) is 3.12. The zero-order chi connectivity index (χ0) is 25.8. The molecule has 36 heavy (non-hydrogen) atoms. The summed E-state index contributed by atoms with van der Waals surface area (Å²) in [4.78, 5) is 54.1. The highest BCUT2D eigenvalue weighted by atomic mass is 16.6. The van der Waals surface area contributed by atoms with Crippen LogP contribution in [0.2, 0.25) is 0 Å². The second-order valence-electron chi connectivity index (χ2n) is 9.11. The average molecular weight is 492 g/mol. The first-order chi connectivity index (χ1) is 17.2. The van der Waals surface area contributed by atoms with Gasteiger partial charge in [0.2, 0.25) is 5.91 Å². The summed E-state index contributed by atoms with van der Waals surface area (Å²) in [6.07, 6.45) is 0.287. The SMILES string of the molecule is CC[C@@]1(O)C(=O)OCc2c1cc1n(c2=O)Cc2cc3ccc(CC(NC(C)=O)C(=O)OC)cc3nc2-1. The number of ether oxygens (including phenoxy) is 2. The monoisotopic (exact) mass is 491 g/mol. The number of aromatic nitrogens is 2. The van der Waals surface area contributed by atoms with Crippen LogP contribution in [-0.2, 0) is 49.0 Å². The highest BCUT2D eigenvalue weighted by Crippen LogP contribution is 2.38. The summed E-state index contributed by atoms with van der Waals surface area (Å²) in [5.41, 5.74) is 1.68. The minimum absolute atomic E-state index is 0.0682. The van der Waals surface area contributed by atoms with Crippen LogP contribution in [0.5, 0.6) is 0 Å². The fraction of sp³-hybridized carbons (Fsp3) is 0.346. The Morgan fingerprint density at radius 1 is 1.28 bits per heavy atom. The lowest BCUT2D eigenvalue weighted by Crippen LogP contribution is -2.44. The van der Waals surface area contributed by atoms with Crippen molar-refractivity contribution >= 4 is 28.7 Å². The third-order valence-corrected chi connectivity index (χ3v) is 6.88. The molecular formula is C26H25N3O7. The Morgan fingerprint density at radius 2 is 2.06 bits per heavy atom. The van der Waals surface area contributed by atoms with Crippen molar-refractivity contribution in [3.05, 3.63) is 62.9 Å². The van der Waals surface area contributed by atoms with Crippen LogP contribution in [0.1, 0.15) is 42.5 Å². The summed E-state index contributed by atoms with van der Waals surface area (Å²) in [7, 11) is 1.26. The maximum absolute atomic E-state index is 13.3. The maximum atomic E-state index is 13.3. The highest BCUT2D eigenvalue weighted by Gasteiger charge is 2.45. The third-order valence-electron chi connectivity index (χ3n) is 6.88. The lowest BCUT2D eigenvalue weighted by molar-refractivity contribution is -0.172. The van der Waals surface area contributed by atoms with Gasteiger partial charge in [0.15, 0.2) is 5.60 Å². The maximum Gasteiger partial charge on any atom is 0.343 e. The molecule has 0 fully saturated rings. The number of carbonyl (C=O) groups is 3. The number of esters is 2. The summed E-state index contributed by atoms with van der Waals surface area (Å²) in [5, 5.41) is 14.5. The Bertz CT molecular complexity index is 1510. The van der Waals surface area contributed by atoms with E-state index < -0.39 is 23.6 Å². The normalized spacial score (nSPS) is 18.6. The van der Waals surface area contributed by atoms with Crippen LogP contribution in [0, 0.1) is 0 Å². The van der Waals surface area contributed by atoms with E-state index in [0.29, 0.717) is 23.4 Å². The first-order valence-electron chi connectivity index (χ1n) is 11.6. The van der Waals surface area contributed by atoms with E-state index in [2.05, 4.69) is 5.32 Å². The van der Waals surface area contributed by atoms with Crippen LogP contribution >= 0.6 is 0 Å². The number of fused-ring (bicyclic) bond motifs is 5. The molecule has 0 bridgehead atoms. The van der Waals surface area contributed by atoms with Crippen molar-refractivity contribution in [1.82, 2.24) is 14.9 Å². The Morgan fingerprint density at radius 3 is 2.75 bits per heavy atom. The molecule has 2 aromatic heterocycles. The van der Waals surface area contributed by atoms with Gasteiger partial charge in [-0.25, -0.2) is 14.6 Å². The molecule has 2 aliphatic heterocycles. The molecule has 0 saturated heterocycles. The van der Waals surface area contributed by atoms with Gasteiger partial charge in [0, 0.05) is 29.9 Å². The number of methoxy groups -OCH3 is 1. The number of rotatable bonds is 5. The first kappa shape index (κ1) is 23.7. The van der Waals surface area contributed by atoms with Crippen molar-refractivity contribution in [2.24, 2.45) is 0 Å². The molecule has 2 atom stereocenters. The van der Waals surface area contributed by atoms with Gasteiger partial charge >= 0.3 is 11.9 Å². The molecule has 2 aliphatic rings. The van der Waals surface area contributed by atoms with E-state index in [0.717, 1.165) is 16.5 Å². The number of cyclic esters (lactones) is 1. The number of hydrogen-bond acceptors (Lipinski definition) is 8. The van der Waals surface area contributed by atoms with E-state index in [4.69, 9.17) is 14.5 Å². The topological polar surface area (TPSA) is 137 Å². The number of benzene rings is 1. The second kappa shape index (κ2) is 8.56. The second-order valence-corrected chi connectivity index (χ2v) is 9.11. The van der Waals surface area contributed by atoms with E-state index in [-0.39, 0.29) is 42.0 Å².